The third-order valence-corrected chi connectivity index (χ3v) is 4.20. The fourth-order valence-electron chi connectivity index (χ4n) is 3.01. The van der Waals surface area contributed by atoms with E-state index in [1.54, 1.807) is 0 Å². The molecule has 0 aliphatic carbocycles. The molecule has 0 aromatic heterocycles. The predicted octanol–water partition coefficient (Wildman–Crippen LogP) is 5.58. The highest BCUT2D eigenvalue weighted by molar-refractivity contribution is 5.65. The summed E-state index contributed by atoms with van der Waals surface area (Å²) < 4.78 is 0. The Bertz CT molecular complexity index is 708. The average Bonchev–Trinajstić information content (AvgIpc) is 2.55. The Balaban J connectivity index is 2.08. The van der Waals surface area contributed by atoms with Gasteiger partial charge in [-0.15, -0.1) is 0 Å². The lowest BCUT2D eigenvalue weighted by molar-refractivity contribution is 0.714. The van der Waals surface area contributed by atoms with Crippen LogP contribution in [0, 0.1) is 0 Å². The summed E-state index contributed by atoms with van der Waals surface area (Å²) in [5.74, 6) is 0.515. The van der Waals surface area contributed by atoms with E-state index in [0.717, 1.165) is 0 Å². The maximum absolute atomic E-state index is 3.48. The topological polar surface area (TPSA) is 12.0 Å². The molecule has 1 aliphatic heterocycles. The molecule has 2 aromatic rings. The van der Waals surface area contributed by atoms with Gasteiger partial charge < -0.3 is 5.32 Å². The maximum atomic E-state index is 3.48. The van der Waals surface area contributed by atoms with E-state index in [1.165, 1.54) is 27.8 Å². The van der Waals surface area contributed by atoms with Crippen LogP contribution in [-0.4, -0.2) is 0 Å². The predicted molar refractivity (Wildman–Crippen MR) is 94.7 cm³/mol. The van der Waals surface area contributed by atoms with Crippen LogP contribution in [0.2, 0.25) is 0 Å². The van der Waals surface area contributed by atoms with Crippen molar-refractivity contribution < 1.29 is 0 Å². The van der Waals surface area contributed by atoms with Crippen LogP contribution in [-0.2, 0) is 0 Å². The molecular weight excluding hydrogens is 266 g/mol. The molecule has 1 N–H and O–H groups in total. The van der Waals surface area contributed by atoms with Crippen molar-refractivity contribution in [3.8, 4) is 11.1 Å². The van der Waals surface area contributed by atoms with Gasteiger partial charge >= 0.3 is 0 Å². The van der Waals surface area contributed by atoms with Crippen molar-refractivity contribution in [2.45, 2.75) is 32.7 Å². The summed E-state index contributed by atoms with van der Waals surface area (Å²) in [6.45, 7) is 6.67. The zero-order chi connectivity index (χ0) is 15.5. The molecule has 0 spiro atoms. The molecule has 3 rings (SSSR count). The molecule has 2 aromatic carbocycles. The number of hydrogen-bond donors (Lipinski definition) is 1. The van der Waals surface area contributed by atoms with Crippen LogP contribution in [0.3, 0.4) is 0 Å². The van der Waals surface area contributed by atoms with Gasteiger partial charge in [0.2, 0.25) is 0 Å². The second-order valence-corrected chi connectivity index (χ2v) is 6.25. The van der Waals surface area contributed by atoms with Gasteiger partial charge in [-0.3, -0.25) is 0 Å². The molecule has 0 radical (unpaired) electrons. The van der Waals surface area contributed by atoms with Crippen molar-refractivity contribution >= 4 is 0 Å². The van der Waals surface area contributed by atoms with Gasteiger partial charge in [0.05, 0.1) is 6.04 Å². The third kappa shape index (κ3) is 2.99. The highest BCUT2D eigenvalue weighted by Gasteiger charge is 2.16. The van der Waals surface area contributed by atoms with Crippen molar-refractivity contribution in [3.05, 3.63) is 83.6 Å². The summed E-state index contributed by atoms with van der Waals surface area (Å²) in [5.41, 5.74) is 6.65. The van der Waals surface area contributed by atoms with Gasteiger partial charge in [-0.1, -0.05) is 68.0 Å². The van der Waals surface area contributed by atoms with Crippen LogP contribution >= 0.6 is 0 Å². The Hall–Kier alpha value is -2.28. The van der Waals surface area contributed by atoms with E-state index in [1.807, 2.05) is 0 Å². The van der Waals surface area contributed by atoms with Gasteiger partial charge in [-0.25, -0.2) is 0 Å². The number of hydrogen-bond acceptors (Lipinski definition) is 1. The summed E-state index contributed by atoms with van der Waals surface area (Å²) in [5, 5.41) is 3.48. The lowest BCUT2D eigenvalue weighted by Crippen LogP contribution is -2.18. The van der Waals surface area contributed by atoms with Gasteiger partial charge in [0.1, 0.15) is 0 Å². The minimum atomic E-state index is 0.256. The molecule has 1 nitrogen and oxygen atoms in total. The minimum absolute atomic E-state index is 0.256. The lowest BCUT2D eigenvalue weighted by Gasteiger charge is -2.24. The Morgan fingerprint density at radius 2 is 1.73 bits per heavy atom. The second-order valence-electron chi connectivity index (χ2n) is 6.25. The molecule has 22 heavy (non-hydrogen) atoms. The highest BCUT2D eigenvalue weighted by atomic mass is 14.9. The summed E-state index contributed by atoms with van der Waals surface area (Å²) in [4.78, 5) is 0. The number of nitrogens with one attached hydrogen (secondary N) is 1. The number of benzene rings is 2. The van der Waals surface area contributed by atoms with E-state index in [4.69, 9.17) is 0 Å². The SMILES string of the molecule is CC1=CC(c2cc(-c3ccccc3)ccc2C(C)C)NC=C1. The van der Waals surface area contributed by atoms with E-state index >= 15 is 0 Å². The quantitative estimate of drug-likeness (QED) is 0.777. The summed E-state index contributed by atoms with van der Waals surface area (Å²) in [6.07, 6.45) is 6.47. The smallest absolute Gasteiger partial charge is 0.0701 e. The van der Waals surface area contributed by atoms with Gasteiger partial charge in [0, 0.05) is 0 Å². The van der Waals surface area contributed by atoms with E-state index in [2.05, 4.69) is 93.0 Å². The number of allylic oxidation sites excluding steroid dienone is 2. The molecule has 112 valence electrons. The third-order valence-electron chi connectivity index (χ3n) is 4.20. The van der Waals surface area contributed by atoms with E-state index in [0.29, 0.717) is 5.92 Å². The van der Waals surface area contributed by atoms with E-state index < -0.39 is 0 Å². The van der Waals surface area contributed by atoms with Crippen LogP contribution in [0.4, 0.5) is 0 Å². The van der Waals surface area contributed by atoms with Crippen molar-refractivity contribution in [3.63, 3.8) is 0 Å². The Kier molecular flexibility index (Phi) is 4.15. The molecule has 0 saturated carbocycles. The molecule has 1 heteroatoms. The summed E-state index contributed by atoms with van der Waals surface area (Å²) in [6, 6.07) is 17.7. The van der Waals surface area contributed by atoms with Crippen LogP contribution in [0.5, 0.6) is 0 Å². The highest BCUT2D eigenvalue weighted by Crippen LogP contribution is 2.32. The molecule has 0 amide bonds. The van der Waals surface area contributed by atoms with Gasteiger partial charge in [-0.05, 0) is 53.4 Å². The monoisotopic (exact) mass is 289 g/mol. The van der Waals surface area contributed by atoms with Gasteiger partial charge in [0.25, 0.3) is 0 Å². The first-order valence-electron chi connectivity index (χ1n) is 7.95. The van der Waals surface area contributed by atoms with Gasteiger partial charge in [0.15, 0.2) is 0 Å². The first-order chi connectivity index (χ1) is 10.6. The first kappa shape index (κ1) is 14.6. The summed E-state index contributed by atoms with van der Waals surface area (Å²) in [7, 11) is 0. The Labute approximate surface area is 133 Å². The Morgan fingerprint density at radius 1 is 0.955 bits per heavy atom. The molecule has 0 bridgehead atoms. The largest absolute Gasteiger partial charge is 0.381 e. The van der Waals surface area contributed by atoms with Crippen LogP contribution in [0.15, 0.2) is 72.5 Å². The molecule has 1 atom stereocenters. The fourth-order valence-corrected chi connectivity index (χ4v) is 3.01. The number of rotatable bonds is 3. The van der Waals surface area contributed by atoms with E-state index in [9.17, 15) is 0 Å². The van der Waals surface area contributed by atoms with Crippen LogP contribution in [0.1, 0.15) is 43.9 Å². The fraction of sp³-hybridized carbons (Fsp3) is 0.238. The first-order valence-corrected chi connectivity index (χ1v) is 7.95. The van der Waals surface area contributed by atoms with Crippen molar-refractivity contribution in [2.75, 3.05) is 0 Å². The average molecular weight is 289 g/mol. The maximum Gasteiger partial charge on any atom is 0.0701 e. The number of dihydropyridines is 1. The molecule has 1 unspecified atom stereocenters. The minimum Gasteiger partial charge on any atom is -0.381 e. The van der Waals surface area contributed by atoms with E-state index in [-0.39, 0.29) is 6.04 Å². The van der Waals surface area contributed by atoms with Crippen molar-refractivity contribution in [2.24, 2.45) is 0 Å². The van der Waals surface area contributed by atoms with Crippen LogP contribution < -0.4 is 5.32 Å². The van der Waals surface area contributed by atoms with Crippen LogP contribution in [0.25, 0.3) is 11.1 Å². The molecule has 0 saturated heterocycles. The Morgan fingerprint density at radius 3 is 2.41 bits per heavy atom. The zero-order valence-electron chi connectivity index (χ0n) is 13.5. The molecule has 0 fully saturated rings. The second kappa shape index (κ2) is 6.23. The summed E-state index contributed by atoms with van der Waals surface area (Å²) >= 11 is 0. The lowest BCUT2D eigenvalue weighted by atomic mass is 9.88. The normalized spacial score (nSPS) is 17.3. The molecule has 1 aliphatic rings. The van der Waals surface area contributed by atoms with Crippen molar-refractivity contribution in [1.82, 2.24) is 5.32 Å². The van der Waals surface area contributed by atoms with Gasteiger partial charge in [-0.2, -0.15) is 0 Å². The molecule has 1 heterocycles. The molecular formula is C21H23N. The standard InChI is InChI=1S/C21H23N/c1-15(2)19-10-9-18(17-7-5-4-6-8-17)14-20(19)21-13-16(3)11-12-22-21/h4-15,21-22H,1-3H3. The zero-order valence-corrected chi connectivity index (χ0v) is 13.5. The van der Waals surface area contributed by atoms with Crippen molar-refractivity contribution in [1.29, 1.82) is 0 Å².